The molecule has 0 amide bonds. The predicted octanol–water partition coefficient (Wildman–Crippen LogP) is 6.33. The Balaban J connectivity index is 1.65. The van der Waals surface area contributed by atoms with Crippen LogP contribution in [0.25, 0.3) is 0 Å². The van der Waals surface area contributed by atoms with Crippen LogP contribution in [0.1, 0.15) is 67.6 Å². The van der Waals surface area contributed by atoms with Crippen molar-refractivity contribution in [2.75, 3.05) is 0 Å². The van der Waals surface area contributed by atoms with Gasteiger partial charge < -0.3 is 0 Å². The van der Waals surface area contributed by atoms with E-state index in [0.29, 0.717) is 11.3 Å². The molecule has 2 aromatic carbocycles. The molecule has 0 spiro atoms. The van der Waals surface area contributed by atoms with Gasteiger partial charge in [0.1, 0.15) is 0 Å². The van der Waals surface area contributed by atoms with Crippen LogP contribution >= 0.6 is 0 Å². The minimum absolute atomic E-state index is 0.577. The molecule has 0 aliphatic heterocycles. The van der Waals surface area contributed by atoms with Crippen molar-refractivity contribution in [3.63, 3.8) is 0 Å². The highest BCUT2D eigenvalue weighted by atomic mass is 14.6. The maximum absolute atomic E-state index is 2.61. The molecule has 0 heterocycles. The van der Waals surface area contributed by atoms with Gasteiger partial charge >= 0.3 is 0 Å². The zero-order valence-corrected chi connectivity index (χ0v) is 14.7. The zero-order chi connectivity index (χ0) is 16.1. The smallest absolute Gasteiger partial charge is 0.00589 e. The van der Waals surface area contributed by atoms with E-state index < -0.39 is 0 Å². The van der Waals surface area contributed by atoms with Gasteiger partial charge in [0, 0.05) is 0 Å². The number of aryl methyl sites for hydroxylation is 1. The molecule has 124 valence electrons. The quantitative estimate of drug-likeness (QED) is 0.577. The molecule has 0 radical (unpaired) electrons. The number of fused-ring (bicyclic) bond motifs is 5. The van der Waals surface area contributed by atoms with Crippen LogP contribution in [0.4, 0.5) is 0 Å². The van der Waals surface area contributed by atoms with Crippen molar-refractivity contribution in [3.8, 4) is 0 Å². The molecule has 5 atom stereocenters. The van der Waals surface area contributed by atoms with Crippen LogP contribution in [0.2, 0.25) is 0 Å². The van der Waals surface area contributed by atoms with Gasteiger partial charge in [-0.2, -0.15) is 0 Å². The third-order valence-electron chi connectivity index (χ3n) is 7.64. The molecule has 3 aliphatic rings. The van der Waals surface area contributed by atoms with Gasteiger partial charge in [0.2, 0.25) is 0 Å². The number of hydrogen-bond acceptors (Lipinski definition) is 0. The Bertz CT molecular complexity index is 731. The number of rotatable bonds is 1. The molecule has 2 aromatic rings. The Morgan fingerprint density at radius 3 is 2.58 bits per heavy atom. The Labute approximate surface area is 146 Å². The lowest BCUT2D eigenvalue weighted by Gasteiger charge is -2.53. The van der Waals surface area contributed by atoms with Crippen molar-refractivity contribution >= 4 is 0 Å². The summed E-state index contributed by atoms with van der Waals surface area (Å²) < 4.78 is 0. The molecule has 0 bridgehead atoms. The van der Waals surface area contributed by atoms with E-state index in [-0.39, 0.29) is 0 Å². The minimum atomic E-state index is 0.577. The van der Waals surface area contributed by atoms with E-state index in [1.54, 1.807) is 16.7 Å². The second kappa shape index (κ2) is 5.48. The molecule has 3 aliphatic carbocycles. The van der Waals surface area contributed by atoms with E-state index >= 15 is 0 Å². The van der Waals surface area contributed by atoms with E-state index in [9.17, 15) is 0 Å². The summed E-state index contributed by atoms with van der Waals surface area (Å²) in [6, 6.07) is 20.7. The summed E-state index contributed by atoms with van der Waals surface area (Å²) in [5.74, 6) is 3.30. The average molecular weight is 316 g/mol. The van der Waals surface area contributed by atoms with Crippen LogP contribution in [-0.2, 0) is 6.42 Å². The lowest BCUT2D eigenvalue weighted by molar-refractivity contribution is 0.0432. The van der Waals surface area contributed by atoms with Gasteiger partial charge in [0.05, 0.1) is 0 Å². The second-order valence-corrected chi connectivity index (χ2v) is 8.80. The van der Waals surface area contributed by atoms with Crippen molar-refractivity contribution < 1.29 is 0 Å². The van der Waals surface area contributed by atoms with Crippen LogP contribution in [0, 0.1) is 17.3 Å². The molecule has 0 N–H and O–H groups in total. The third-order valence-corrected chi connectivity index (χ3v) is 7.64. The van der Waals surface area contributed by atoms with E-state index in [1.165, 1.54) is 38.5 Å². The summed E-state index contributed by atoms with van der Waals surface area (Å²) in [7, 11) is 0. The molecule has 0 heteroatoms. The van der Waals surface area contributed by atoms with Crippen molar-refractivity contribution in [1.82, 2.24) is 0 Å². The molecular weight excluding hydrogens is 288 g/mol. The highest BCUT2D eigenvalue weighted by molar-refractivity contribution is 5.39. The van der Waals surface area contributed by atoms with Crippen LogP contribution in [-0.4, -0.2) is 0 Å². The highest BCUT2D eigenvalue weighted by Gasteiger charge is 2.54. The van der Waals surface area contributed by atoms with Gasteiger partial charge in [-0.05, 0) is 77.9 Å². The van der Waals surface area contributed by atoms with Crippen molar-refractivity contribution in [3.05, 3.63) is 71.3 Å². The van der Waals surface area contributed by atoms with Crippen molar-refractivity contribution in [2.24, 2.45) is 17.3 Å². The fourth-order valence-electron chi connectivity index (χ4n) is 6.68. The Morgan fingerprint density at radius 2 is 1.71 bits per heavy atom. The Hall–Kier alpha value is -1.56. The van der Waals surface area contributed by atoms with Crippen molar-refractivity contribution in [1.29, 1.82) is 0 Å². The van der Waals surface area contributed by atoms with Crippen LogP contribution in [0.5, 0.6) is 0 Å². The second-order valence-electron chi connectivity index (χ2n) is 8.80. The molecule has 24 heavy (non-hydrogen) atoms. The fourth-order valence-corrected chi connectivity index (χ4v) is 6.68. The van der Waals surface area contributed by atoms with Crippen LogP contribution in [0.3, 0.4) is 0 Å². The van der Waals surface area contributed by atoms with Gasteiger partial charge in [0.15, 0.2) is 0 Å². The monoisotopic (exact) mass is 316 g/mol. The van der Waals surface area contributed by atoms with E-state index in [4.69, 9.17) is 0 Å². The summed E-state index contributed by atoms with van der Waals surface area (Å²) in [6.45, 7) is 2.61. The molecule has 2 fully saturated rings. The fraction of sp³-hybridized carbons (Fsp3) is 0.500. The lowest BCUT2D eigenvalue weighted by Crippen LogP contribution is -2.43. The maximum Gasteiger partial charge on any atom is -0.00589 e. The van der Waals surface area contributed by atoms with Gasteiger partial charge in [-0.15, -0.1) is 0 Å². The largest absolute Gasteiger partial charge is 0.0622 e. The molecule has 5 rings (SSSR count). The Morgan fingerprint density at radius 1 is 0.917 bits per heavy atom. The molecule has 0 saturated heterocycles. The average Bonchev–Trinajstić information content (AvgIpc) is 3.03. The minimum Gasteiger partial charge on any atom is -0.0622 e. The molecule has 0 nitrogen and oxygen atoms in total. The summed E-state index contributed by atoms with van der Waals surface area (Å²) in [5, 5.41) is 0. The van der Waals surface area contributed by atoms with Gasteiger partial charge in [-0.25, -0.2) is 0 Å². The van der Waals surface area contributed by atoms with Crippen molar-refractivity contribution in [2.45, 2.75) is 57.3 Å². The summed E-state index contributed by atoms with van der Waals surface area (Å²) in [5.41, 5.74) is 5.46. The summed E-state index contributed by atoms with van der Waals surface area (Å²) >= 11 is 0. The SMILES string of the molecule is C[C@@]12CCC[C@H]1[C@@H]1CCc3ccccc3[C@H]1[C@@H](c1ccccc1)C2. The molecule has 0 aromatic heterocycles. The zero-order valence-electron chi connectivity index (χ0n) is 14.7. The summed E-state index contributed by atoms with van der Waals surface area (Å²) in [6.07, 6.45) is 8.47. The first-order chi connectivity index (χ1) is 11.8. The first kappa shape index (κ1) is 14.8. The predicted molar refractivity (Wildman–Crippen MR) is 100 cm³/mol. The van der Waals surface area contributed by atoms with Gasteiger partial charge in [-0.3, -0.25) is 0 Å². The first-order valence-electron chi connectivity index (χ1n) is 9.89. The molecule has 2 saturated carbocycles. The highest BCUT2D eigenvalue weighted by Crippen LogP contribution is 2.64. The van der Waals surface area contributed by atoms with E-state index in [2.05, 4.69) is 61.5 Å². The number of hydrogen-bond donors (Lipinski definition) is 0. The molecule has 0 unspecified atom stereocenters. The normalized spacial score (nSPS) is 37.4. The van der Waals surface area contributed by atoms with Crippen LogP contribution in [0.15, 0.2) is 54.6 Å². The third kappa shape index (κ3) is 2.11. The van der Waals surface area contributed by atoms with Gasteiger partial charge in [-0.1, -0.05) is 67.9 Å². The summed E-state index contributed by atoms with van der Waals surface area (Å²) in [4.78, 5) is 0. The Kier molecular flexibility index (Phi) is 3.37. The number of benzene rings is 2. The first-order valence-corrected chi connectivity index (χ1v) is 9.89. The standard InChI is InChI=1S/C24H28/c1-24-15-7-12-22(24)20-14-13-18-10-5-6-11-19(18)23(20)21(16-24)17-8-3-2-4-9-17/h2-6,8-11,20-23H,7,12-16H2,1H3/t20-,21+,22-,23+,24-/m0/s1. The van der Waals surface area contributed by atoms with Crippen LogP contribution < -0.4 is 0 Å². The van der Waals surface area contributed by atoms with Gasteiger partial charge in [0.25, 0.3) is 0 Å². The van der Waals surface area contributed by atoms with E-state index in [0.717, 1.165) is 17.8 Å². The topological polar surface area (TPSA) is 0 Å². The maximum atomic E-state index is 2.61. The van der Waals surface area contributed by atoms with E-state index in [1.807, 2.05) is 0 Å². The lowest BCUT2D eigenvalue weighted by atomic mass is 9.51. The molecular formula is C24H28.